The molecule has 1 aliphatic rings. The highest BCUT2D eigenvalue weighted by Gasteiger charge is 2.29. The van der Waals surface area contributed by atoms with Gasteiger partial charge in [-0.1, -0.05) is 108 Å². The van der Waals surface area contributed by atoms with Crippen LogP contribution in [0.15, 0.2) is 42.5 Å². The molecule has 0 fully saturated rings. The molecule has 4 heteroatoms. The largest absolute Gasteiger partial charge is 0.373 e. The Bertz CT molecular complexity index is 645. The molecule has 0 spiro atoms. The van der Waals surface area contributed by atoms with Gasteiger partial charge < -0.3 is 14.8 Å². The minimum Gasteiger partial charge on any atom is -0.373 e. The van der Waals surface area contributed by atoms with Crippen molar-refractivity contribution < 1.29 is 14.3 Å². The predicted octanol–water partition coefficient (Wildman–Crippen LogP) is 6.24. The molecule has 180 valence electrons. The second kappa shape index (κ2) is 16.0. The van der Waals surface area contributed by atoms with Crippen LogP contribution in [0.3, 0.4) is 0 Å². The number of carbonyl (C=O) groups is 1. The van der Waals surface area contributed by atoms with E-state index in [0.29, 0.717) is 13.2 Å². The summed E-state index contributed by atoms with van der Waals surface area (Å²) in [4.78, 5) is 13.2. The van der Waals surface area contributed by atoms with Gasteiger partial charge in [0.1, 0.15) is 0 Å². The molecule has 1 aliphatic heterocycles. The molecule has 0 saturated carbocycles. The molecule has 2 unspecified atom stereocenters. The fourth-order valence-electron chi connectivity index (χ4n) is 4.42. The number of ether oxygens (including phenoxy) is 2. The Hall–Kier alpha value is -1.65. The lowest BCUT2D eigenvalue weighted by molar-refractivity contribution is -0.131. The van der Waals surface area contributed by atoms with Gasteiger partial charge >= 0.3 is 0 Å². The van der Waals surface area contributed by atoms with E-state index in [1.54, 1.807) is 0 Å². The summed E-state index contributed by atoms with van der Waals surface area (Å²) in [5.41, 5.74) is 1.21. The standard InChI is InChI=1S/C28H45NO3/c1-4-6-7-8-9-10-14-19-27-23(3)28(30)29-25(22-24-17-12-11-13-18-24)26(5-2)31-20-15-16-21-32-27/h11-13,15-18,23,25-27H,4-10,14,19-22H2,1-3H3,(H,29,30)/b16-15+/t23-,25?,26+,27?/m0/s1. The van der Waals surface area contributed by atoms with E-state index < -0.39 is 0 Å². The Morgan fingerprint density at radius 2 is 1.50 bits per heavy atom. The first-order valence-corrected chi connectivity index (χ1v) is 12.9. The fourth-order valence-corrected chi connectivity index (χ4v) is 4.42. The van der Waals surface area contributed by atoms with Crippen LogP contribution in [-0.4, -0.2) is 37.4 Å². The minimum absolute atomic E-state index is 0.0158. The molecule has 1 aromatic rings. The Balaban J connectivity index is 2.00. The third-order valence-corrected chi connectivity index (χ3v) is 6.52. The number of hydrogen-bond donors (Lipinski definition) is 1. The summed E-state index contributed by atoms with van der Waals surface area (Å²) in [5.74, 6) is -0.107. The molecule has 0 aromatic heterocycles. The van der Waals surface area contributed by atoms with Crippen LogP contribution in [0.5, 0.6) is 0 Å². The maximum atomic E-state index is 13.2. The van der Waals surface area contributed by atoms with Crippen molar-refractivity contribution in [1.82, 2.24) is 5.32 Å². The van der Waals surface area contributed by atoms with Crippen molar-refractivity contribution >= 4 is 5.91 Å². The third-order valence-electron chi connectivity index (χ3n) is 6.52. The molecule has 1 aromatic carbocycles. The van der Waals surface area contributed by atoms with E-state index in [4.69, 9.17) is 9.47 Å². The average Bonchev–Trinajstić information content (AvgIpc) is 2.81. The van der Waals surface area contributed by atoms with Gasteiger partial charge in [0.15, 0.2) is 0 Å². The number of amides is 1. The van der Waals surface area contributed by atoms with E-state index in [-0.39, 0.29) is 30.1 Å². The van der Waals surface area contributed by atoms with Gasteiger partial charge in [-0.05, 0) is 24.8 Å². The number of benzene rings is 1. The molecule has 4 nitrogen and oxygen atoms in total. The lowest BCUT2D eigenvalue weighted by atomic mass is 9.95. The van der Waals surface area contributed by atoms with Crippen LogP contribution >= 0.6 is 0 Å². The molecule has 4 atom stereocenters. The molecular weight excluding hydrogens is 398 g/mol. The van der Waals surface area contributed by atoms with Crippen molar-refractivity contribution in [3.05, 3.63) is 48.0 Å². The van der Waals surface area contributed by atoms with Crippen molar-refractivity contribution in [2.45, 2.75) is 103 Å². The second-order valence-electron chi connectivity index (χ2n) is 9.13. The summed E-state index contributed by atoms with van der Waals surface area (Å²) in [7, 11) is 0. The first kappa shape index (κ1) is 26.6. The molecular formula is C28H45NO3. The first-order chi connectivity index (χ1) is 15.7. The molecule has 0 bridgehead atoms. The highest BCUT2D eigenvalue weighted by Crippen LogP contribution is 2.20. The smallest absolute Gasteiger partial charge is 0.225 e. The van der Waals surface area contributed by atoms with E-state index >= 15 is 0 Å². The zero-order chi connectivity index (χ0) is 23.0. The molecule has 1 heterocycles. The van der Waals surface area contributed by atoms with Crippen LogP contribution in [0.2, 0.25) is 0 Å². The van der Waals surface area contributed by atoms with Crippen LogP contribution in [0.4, 0.5) is 0 Å². The molecule has 0 radical (unpaired) electrons. The summed E-state index contributed by atoms with van der Waals surface area (Å²) >= 11 is 0. The molecule has 32 heavy (non-hydrogen) atoms. The Labute approximate surface area is 196 Å². The molecule has 2 rings (SSSR count). The van der Waals surface area contributed by atoms with Gasteiger partial charge in [0.2, 0.25) is 5.91 Å². The van der Waals surface area contributed by atoms with Gasteiger partial charge in [-0.15, -0.1) is 0 Å². The number of unbranched alkanes of at least 4 members (excludes halogenated alkanes) is 6. The average molecular weight is 444 g/mol. The zero-order valence-electron chi connectivity index (χ0n) is 20.6. The van der Waals surface area contributed by atoms with Crippen LogP contribution in [0, 0.1) is 5.92 Å². The van der Waals surface area contributed by atoms with E-state index in [9.17, 15) is 4.79 Å². The summed E-state index contributed by atoms with van der Waals surface area (Å²) < 4.78 is 12.3. The van der Waals surface area contributed by atoms with Gasteiger partial charge in [0.05, 0.1) is 37.4 Å². The second-order valence-corrected chi connectivity index (χ2v) is 9.13. The summed E-state index contributed by atoms with van der Waals surface area (Å²) in [5, 5.41) is 3.32. The lowest BCUT2D eigenvalue weighted by Crippen LogP contribution is -2.49. The van der Waals surface area contributed by atoms with Gasteiger partial charge in [0, 0.05) is 0 Å². The van der Waals surface area contributed by atoms with Gasteiger partial charge in [0.25, 0.3) is 0 Å². The van der Waals surface area contributed by atoms with E-state index in [0.717, 1.165) is 25.7 Å². The predicted molar refractivity (Wildman–Crippen MR) is 133 cm³/mol. The highest BCUT2D eigenvalue weighted by atomic mass is 16.5. The maximum absolute atomic E-state index is 13.2. The molecule has 1 N–H and O–H groups in total. The van der Waals surface area contributed by atoms with E-state index in [1.807, 2.05) is 37.3 Å². The Morgan fingerprint density at radius 3 is 2.16 bits per heavy atom. The summed E-state index contributed by atoms with van der Waals surface area (Å²) in [6.45, 7) is 7.47. The van der Waals surface area contributed by atoms with Crippen LogP contribution in [0.1, 0.15) is 84.1 Å². The summed E-state index contributed by atoms with van der Waals surface area (Å²) in [6.07, 6.45) is 15.5. The molecule has 1 amide bonds. The Kier molecular flexibility index (Phi) is 13.3. The van der Waals surface area contributed by atoms with Gasteiger partial charge in [-0.25, -0.2) is 0 Å². The normalized spacial score (nSPS) is 26.0. The number of rotatable bonds is 11. The van der Waals surface area contributed by atoms with Crippen LogP contribution in [0.25, 0.3) is 0 Å². The number of hydrogen-bond acceptors (Lipinski definition) is 3. The topological polar surface area (TPSA) is 47.6 Å². The van der Waals surface area contributed by atoms with Crippen LogP contribution in [-0.2, 0) is 20.7 Å². The van der Waals surface area contributed by atoms with E-state index in [1.165, 1.54) is 44.1 Å². The number of nitrogens with one attached hydrogen (secondary N) is 1. The quantitative estimate of drug-likeness (QED) is 0.325. The zero-order valence-corrected chi connectivity index (χ0v) is 20.6. The highest BCUT2D eigenvalue weighted by molar-refractivity contribution is 5.79. The first-order valence-electron chi connectivity index (χ1n) is 12.9. The summed E-state index contributed by atoms with van der Waals surface area (Å²) in [6, 6.07) is 10.3. The Morgan fingerprint density at radius 1 is 0.875 bits per heavy atom. The van der Waals surface area contributed by atoms with Crippen LogP contribution < -0.4 is 5.32 Å². The van der Waals surface area contributed by atoms with Crippen molar-refractivity contribution in [1.29, 1.82) is 0 Å². The lowest BCUT2D eigenvalue weighted by Gasteiger charge is -2.31. The van der Waals surface area contributed by atoms with Gasteiger partial charge in [-0.2, -0.15) is 0 Å². The third kappa shape index (κ3) is 9.87. The van der Waals surface area contributed by atoms with Crippen molar-refractivity contribution in [2.75, 3.05) is 13.2 Å². The fraction of sp³-hybridized carbons (Fsp3) is 0.679. The number of carbonyl (C=O) groups excluding carboxylic acids is 1. The molecule has 0 aliphatic carbocycles. The van der Waals surface area contributed by atoms with Gasteiger partial charge in [-0.3, -0.25) is 4.79 Å². The monoisotopic (exact) mass is 443 g/mol. The van der Waals surface area contributed by atoms with E-state index in [2.05, 4.69) is 31.3 Å². The molecule has 0 saturated heterocycles. The SMILES string of the molecule is CCCCCCCCCC1OC/C=C/CO[C@H](CC)C(Cc2ccccc2)NC(=O)[C@H]1C. The van der Waals surface area contributed by atoms with Crippen molar-refractivity contribution in [3.63, 3.8) is 0 Å². The van der Waals surface area contributed by atoms with Crippen molar-refractivity contribution in [2.24, 2.45) is 5.92 Å². The van der Waals surface area contributed by atoms with Crippen molar-refractivity contribution in [3.8, 4) is 0 Å². The minimum atomic E-state index is -0.182. The maximum Gasteiger partial charge on any atom is 0.225 e.